The monoisotopic (exact) mass is 532 g/mol. The van der Waals surface area contributed by atoms with Crippen LogP contribution >= 0.6 is 0 Å². The minimum Gasteiger partial charge on any atom is -0.485 e. The Kier molecular flexibility index (Phi) is 8.05. The van der Waals surface area contributed by atoms with E-state index in [0.717, 1.165) is 24.3 Å². The molecular weight excluding hydrogens is 512 g/mol. The van der Waals surface area contributed by atoms with Gasteiger partial charge in [-0.25, -0.2) is 0 Å². The lowest BCUT2D eigenvalue weighted by atomic mass is 10.1. The van der Waals surface area contributed by atoms with Gasteiger partial charge in [-0.15, -0.1) is 0 Å². The molecule has 2 N–H and O–H groups in total. The maximum absolute atomic E-state index is 12.4. The third-order valence-electron chi connectivity index (χ3n) is 4.83. The first kappa shape index (κ1) is 26.8. The Morgan fingerprint density at radius 2 is 1.06 bits per heavy atom. The van der Waals surface area contributed by atoms with Crippen molar-refractivity contribution in [2.45, 2.75) is 9.79 Å². The summed E-state index contributed by atoms with van der Waals surface area (Å²) in [7, 11) is -8.75. The molecule has 3 aromatic carbocycles. The van der Waals surface area contributed by atoms with Crippen LogP contribution in [-0.4, -0.2) is 50.7 Å². The summed E-state index contributed by atoms with van der Waals surface area (Å²) >= 11 is 0. The van der Waals surface area contributed by atoms with Gasteiger partial charge in [0.15, 0.2) is 24.8 Å². The summed E-state index contributed by atoms with van der Waals surface area (Å²) in [5.41, 5.74) is 0.922. The molecule has 0 aliphatic rings. The molecule has 0 bridgehead atoms. The minimum absolute atomic E-state index is 0.171. The molecule has 0 radical (unpaired) electrons. The van der Waals surface area contributed by atoms with Gasteiger partial charge in [0.05, 0.1) is 9.79 Å². The van der Waals surface area contributed by atoms with E-state index < -0.39 is 31.8 Å². The fourth-order valence-corrected chi connectivity index (χ4v) is 3.93. The summed E-state index contributed by atoms with van der Waals surface area (Å²) in [6.07, 6.45) is 1.51. The smallest absolute Gasteiger partial charge is 0.294 e. The van der Waals surface area contributed by atoms with E-state index in [2.05, 4.69) is 6.58 Å². The van der Waals surface area contributed by atoms with E-state index in [4.69, 9.17) is 18.6 Å². The lowest BCUT2D eigenvalue weighted by Gasteiger charge is -2.11. The number of rotatable bonds is 11. The molecular formula is C24H20O10S2. The van der Waals surface area contributed by atoms with E-state index in [1.165, 1.54) is 36.4 Å². The van der Waals surface area contributed by atoms with Crippen molar-refractivity contribution in [3.05, 3.63) is 90.0 Å². The first-order valence-electron chi connectivity index (χ1n) is 10.1. The lowest BCUT2D eigenvalue weighted by Crippen LogP contribution is -2.13. The van der Waals surface area contributed by atoms with Gasteiger partial charge in [0.1, 0.15) is 11.5 Å². The highest BCUT2D eigenvalue weighted by atomic mass is 32.2. The SMILES string of the molecule is C=Cc1cc(OCC(=O)c2ccc(S(=O)(=O)O)cc2)cc(OCC(=O)c2ccc(S(=O)(=O)O)cc2)c1. The number of Topliss-reactive ketones (excluding diaryl/α,β-unsaturated/α-hetero) is 2. The van der Waals surface area contributed by atoms with E-state index in [9.17, 15) is 26.4 Å². The van der Waals surface area contributed by atoms with Crippen LogP contribution in [0.4, 0.5) is 0 Å². The highest BCUT2D eigenvalue weighted by molar-refractivity contribution is 7.86. The van der Waals surface area contributed by atoms with Crippen molar-refractivity contribution in [2.75, 3.05) is 13.2 Å². The van der Waals surface area contributed by atoms with Gasteiger partial charge < -0.3 is 9.47 Å². The summed E-state index contributed by atoms with van der Waals surface area (Å²) in [5.74, 6) is -0.413. The third-order valence-corrected chi connectivity index (χ3v) is 6.56. The van der Waals surface area contributed by atoms with Crippen LogP contribution in [0, 0.1) is 0 Å². The number of carbonyl (C=O) groups is 2. The second-order valence-electron chi connectivity index (χ2n) is 7.36. The van der Waals surface area contributed by atoms with Crippen LogP contribution in [-0.2, 0) is 20.2 Å². The Balaban J connectivity index is 1.65. The molecule has 0 aliphatic carbocycles. The summed E-state index contributed by atoms with van der Waals surface area (Å²) < 4.78 is 73.6. The average Bonchev–Trinajstić information content (AvgIpc) is 2.84. The largest absolute Gasteiger partial charge is 0.485 e. The van der Waals surface area contributed by atoms with Crippen molar-refractivity contribution in [2.24, 2.45) is 0 Å². The summed E-state index contributed by atoms with van der Waals surface area (Å²) in [6.45, 7) is 2.90. The van der Waals surface area contributed by atoms with Gasteiger partial charge in [0, 0.05) is 17.2 Å². The van der Waals surface area contributed by atoms with E-state index in [1.54, 1.807) is 12.1 Å². The highest BCUT2D eigenvalue weighted by Crippen LogP contribution is 2.24. The topological polar surface area (TPSA) is 161 Å². The Morgan fingerprint density at radius 3 is 1.36 bits per heavy atom. The van der Waals surface area contributed by atoms with Crippen molar-refractivity contribution in [3.63, 3.8) is 0 Å². The van der Waals surface area contributed by atoms with Gasteiger partial charge in [0.2, 0.25) is 0 Å². The van der Waals surface area contributed by atoms with Crippen LogP contribution < -0.4 is 9.47 Å². The number of hydrogen-bond donors (Lipinski definition) is 2. The number of carbonyl (C=O) groups excluding carboxylic acids is 2. The summed E-state index contributed by atoms with van der Waals surface area (Å²) in [5, 5.41) is 0. The number of benzene rings is 3. The standard InChI is InChI=1S/C24H20O10S2/c1-2-16-11-19(33-14-23(25)17-3-7-21(8-4-17)35(27,28)29)13-20(12-16)34-15-24(26)18-5-9-22(10-6-18)36(30,31)32/h2-13H,1,14-15H2,(H,27,28,29)(H,30,31,32). The van der Waals surface area contributed by atoms with Crippen molar-refractivity contribution in [3.8, 4) is 11.5 Å². The maximum atomic E-state index is 12.4. The molecule has 0 heterocycles. The molecule has 3 rings (SSSR count). The van der Waals surface area contributed by atoms with Crippen LogP contribution in [0.2, 0.25) is 0 Å². The molecule has 0 saturated carbocycles. The molecule has 0 fully saturated rings. The molecule has 12 heteroatoms. The first-order valence-corrected chi connectivity index (χ1v) is 13.0. The first-order chi connectivity index (χ1) is 16.9. The zero-order valence-electron chi connectivity index (χ0n) is 18.5. The maximum Gasteiger partial charge on any atom is 0.294 e. The van der Waals surface area contributed by atoms with Gasteiger partial charge >= 0.3 is 0 Å². The lowest BCUT2D eigenvalue weighted by molar-refractivity contribution is 0.0919. The van der Waals surface area contributed by atoms with Crippen LogP contribution in [0.15, 0.2) is 83.1 Å². The van der Waals surface area contributed by atoms with Gasteiger partial charge in [-0.3, -0.25) is 18.7 Å². The molecule has 0 unspecified atom stereocenters. The molecule has 188 valence electrons. The van der Waals surface area contributed by atoms with E-state index in [1.807, 2.05) is 0 Å². The minimum atomic E-state index is -4.37. The Hall–Kier alpha value is -3.84. The van der Waals surface area contributed by atoms with Gasteiger partial charge in [-0.05, 0) is 66.2 Å². The van der Waals surface area contributed by atoms with Crippen molar-refractivity contribution >= 4 is 37.9 Å². The third kappa shape index (κ3) is 7.09. The quantitative estimate of drug-likeness (QED) is 0.277. The number of ether oxygens (including phenoxy) is 2. The molecule has 3 aromatic rings. The average molecular weight is 533 g/mol. The Labute approximate surface area is 207 Å². The number of hydrogen-bond acceptors (Lipinski definition) is 8. The highest BCUT2D eigenvalue weighted by Gasteiger charge is 2.14. The zero-order valence-corrected chi connectivity index (χ0v) is 20.2. The fourth-order valence-electron chi connectivity index (χ4n) is 2.97. The van der Waals surface area contributed by atoms with Crippen LogP contribution in [0.1, 0.15) is 26.3 Å². The molecule has 0 spiro atoms. The Morgan fingerprint density at radius 1 is 0.694 bits per heavy atom. The zero-order chi connectivity index (χ0) is 26.5. The second-order valence-corrected chi connectivity index (χ2v) is 10.2. The molecule has 0 saturated heterocycles. The molecule has 10 nitrogen and oxygen atoms in total. The predicted molar refractivity (Wildman–Crippen MR) is 129 cm³/mol. The molecule has 0 aliphatic heterocycles. The van der Waals surface area contributed by atoms with E-state index in [0.29, 0.717) is 5.56 Å². The van der Waals surface area contributed by atoms with Gasteiger partial charge in [-0.2, -0.15) is 16.8 Å². The van der Waals surface area contributed by atoms with Crippen LogP contribution in [0.25, 0.3) is 6.08 Å². The van der Waals surface area contributed by atoms with E-state index in [-0.39, 0.29) is 45.6 Å². The van der Waals surface area contributed by atoms with Crippen molar-refractivity contribution in [1.29, 1.82) is 0 Å². The van der Waals surface area contributed by atoms with Crippen molar-refractivity contribution in [1.82, 2.24) is 0 Å². The molecule has 36 heavy (non-hydrogen) atoms. The second kappa shape index (κ2) is 10.8. The van der Waals surface area contributed by atoms with Crippen LogP contribution in [0.5, 0.6) is 11.5 Å². The Bertz CT molecular complexity index is 1400. The molecule has 0 amide bonds. The van der Waals surface area contributed by atoms with Crippen LogP contribution in [0.3, 0.4) is 0 Å². The van der Waals surface area contributed by atoms with Gasteiger partial charge in [0.25, 0.3) is 20.2 Å². The molecule has 0 atom stereocenters. The summed E-state index contributed by atoms with van der Waals surface area (Å²) in [4.78, 5) is 24.1. The predicted octanol–water partition coefficient (Wildman–Crippen LogP) is 3.35. The van der Waals surface area contributed by atoms with Gasteiger partial charge in [-0.1, -0.05) is 12.7 Å². The van der Waals surface area contributed by atoms with Crippen molar-refractivity contribution < 1.29 is 45.0 Å². The normalized spacial score (nSPS) is 11.5. The van der Waals surface area contributed by atoms with E-state index >= 15 is 0 Å². The summed E-state index contributed by atoms with van der Waals surface area (Å²) in [6, 6.07) is 14.0. The number of ketones is 2. The fraction of sp³-hybridized carbons (Fsp3) is 0.0833. The molecule has 0 aromatic heterocycles.